The Bertz CT molecular complexity index is 11.1. The van der Waals surface area contributed by atoms with Crippen LogP contribution in [0.1, 0.15) is 13.3 Å². The van der Waals surface area contributed by atoms with E-state index in [9.17, 15) is 0 Å². The second-order valence-electron chi connectivity index (χ2n) is 1.10. The molecule has 0 aromatic rings. The van der Waals surface area contributed by atoms with E-state index in [1.807, 2.05) is 0 Å². The van der Waals surface area contributed by atoms with Crippen LogP contribution in [0.25, 0.3) is 0 Å². The average molecular weight is 177 g/mol. The van der Waals surface area contributed by atoms with Crippen molar-refractivity contribution in [1.82, 2.24) is 0 Å². The van der Waals surface area contributed by atoms with Crippen LogP contribution >= 0.6 is 0 Å². The summed E-state index contributed by atoms with van der Waals surface area (Å²) in [6, 6.07) is 0. The number of hydrogen-bond acceptors (Lipinski definition) is 0. The Kier molecular flexibility index (Phi) is 5.57. The molecule has 0 fully saturated rings. The van der Waals surface area contributed by atoms with Gasteiger partial charge in [0.25, 0.3) is 0 Å². The van der Waals surface area contributed by atoms with Crippen molar-refractivity contribution >= 4 is 21.1 Å². The predicted octanol–water partition coefficient (Wildman–Crippen LogP) is 1.57. The molecule has 0 aliphatic carbocycles. The molecule has 0 saturated heterocycles. The average Bonchev–Trinajstić information content (AvgIpc) is 1.41. The second-order valence-corrected chi connectivity index (χ2v) is 4.55. The zero-order chi connectivity index (χ0) is 4.12. The molecule has 0 spiro atoms. The minimum absolute atomic E-state index is 0.206. The van der Waals surface area contributed by atoms with Crippen molar-refractivity contribution in [3.05, 3.63) is 0 Å². The van der Waals surface area contributed by atoms with Gasteiger partial charge in [0.05, 0.1) is 0 Å². The van der Waals surface area contributed by atoms with E-state index in [1.54, 1.807) is 4.44 Å². The Hall–Kier alpha value is 0.799. The molecule has 0 bridgehead atoms. The molecule has 0 aliphatic rings. The van der Waals surface area contributed by atoms with Gasteiger partial charge in [0.1, 0.15) is 0 Å². The molecule has 0 nitrogen and oxygen atoms in total. The maximum atomic E-state index is 2.38. The fraction of sp³-hybridized carbons (Fsp3) is 1.00. The zero-order valence-electron chi connectivity index (χ0n) is 3.91. The van der Waals surface area contributed by atoms with E-state index in [4.69, 9.17) is 0 Å². The van der Waals surface area contributed by atoms with Gasteiger partial charge in [0.2, 0.25) is 0 Å². The van der Waals surface area contributed by atoms with E-state index in [1.165, 1.54) is 6.42 Å². The molecule has 0 aromatic heterocycles. The van der Waals surface area contributed by atoms with E-state index in [0.29, 0.717) is 0 Å². The van der Waals surface area contributed by atoms with Crippen LogP contribution in [0.3, 0.4) is 0 Å². The first-order valence-electron chi connectivity index (χ1n) is 2.06. The van der Waals surface area contributed by atoms with Gasteiger partial charge >= 0.3 is 43.9 Å². The van der Waals surface area contributed by atoms with Gasteiger partial charge < -0.3 is 0 Å². The summed E-state index contributed by atoms with van der Waals surface area (Å²) in [6.45, 7) is 2.25. The van der Waals surface area contributed by atoms with E-state index in [2.05, 4.69) is 11.9 Å². The fourth-order valence-electron chi connectivity index (χ4n) is 0.250. The second kappa shape index (κ2) is 4.80. The molecule has 0 unspecified atom stereocenters. The van der Waals surface area contributed by atoms with Crippen LogP contribution in [0.2, 0.25) is 9.38 Å². The van der Waals surface area contributed by atoms with Gasteiger partial charge in [0, 0.05) is 0 Å². The topological polar surface area (TPSA) is 0 Å². The van der Waals surface area contributed by atoms with Crippen molar-refractivity contribution in [2.24, 2.45) is 0 Å². The third kappa shape index (κ3) is 4.80. The molecule has 0 heterocycles. The van der Waals surface area contributed by atoms with Crippen LogP contribution < -0.4 is 0 Å². The molecule has 0 radical (unpaired) electrons. The molecular weight excluding hydrogens is 167 g/mol. The third-order valence-corrected chi connectivity index (χ3v) is 3.35. The summed E-state index contributed by atoms with van der Waals surface area (Å²) in [5.41, 5.74) is 0. The molecule has 0 amide bonds. The van der Waals surface area contributed by atoms with E-state index in [-0.39, 0.29) is 21.1 Å². The molecule has 5 heavy (non-hydrogen) atoms. The predicted molar refractivity (Wildman–Crippen MR) is 26.7 cm³/mol. The Morgan fingerprint density at radius 3 is 2.20 bits per heavy atom. The van der Waals surface area contributed by atoms with Crippen LogP contribution in [0.5, 0.6) is 0 Å². The van der Waals surface area contributed by atoms with Gasteiger partial charge in [-0.1, -0.05) is 0 Å². The van der Waals surface area contributed by atoms with Gasteiger partial charge in [-0.25, -0.2) is 0 Å². The molecular formula is C4H10Sn+2. The van der Waals surface area contributed by atoms with Crippen LogP contribution in [-0.4, -0.2) is 21.1 Å². The quantitative estimate of drug-likeness (QED) is 0.561. The van der Waals surface area contributed by atoms with Gasteiger partial charge in [0.15, 0.2) is 0 Å². The summed E-state index contributed by atoms with van der Waals surface area (Å²) in [4.78, 5) is 2.38. The molecule has 0 saturated carbocycles. The normalized spacial score (nSPS) is 6.80. The molecule has 1 heteroatoms. The van der Waals surface area contributed by atoms with Crippen molar-refractivity contribution in [2.75, 3.05) is 0 Å². The minimum atomic E-state index is 0.206. The Morgan fingerprint density at radius 2 is 2.20 bits per heavy atom. The number of hydrogen-bond donors (Lipinski definition) is 0. The van der Waals surface area contributed by atoms with Crippen LogP contribution in [0, 0.1) is 0 Å². The summed E-state index contributed by atoms with van der Waals surface area (Å²) in [5.74, 6) is 0. The van der Waals surface area contributed by atoms with Crippen molar-refractivity contribution in [2.45, 2.75) is 22.7 Å². The van der Waals surface area contributed by atoms with Gasteiger partial charge in [-0.05, 0) is 0 Å². The number of rotatable bonds is 2. The van der Waals surface area contributed by atoms with Crippen molar-refractivity contribution < 1.29 is 0 Å². The first-order valence-corrected chi connectivity index (χ1v) is 6.93. The zero-order valence-corrected chi connectivity index (χ0v) is 6.77. The van der Waals surface area contributed by atoms with Gasteiger partial charge in [-0.3, -0.25) is 0 Å². The third-order valence-electron chi connectivity index (χ3n) is 0.500. The van der Waals surface area contributed by atoms with E-state index >= 15 is 0 Å². The monoisotopic (exact) mass is 178 g/mol. The van der Waals surface area contributed by atoms with Crippen molar-refractivity contribution in [3.63, 3.8) is 0 Å². The molecule has 0 aromatic carbocycles. The SMILES string of the molecule is CC[CH2][Sn+2][CH3]. The Morgan fingerprint density at radius 1 is 1.60 bits per heavy atom. The van der Waals surface area contributed by atoms with Crippen LogP contribution in [0.4, 0.5) is 0 Å². The molecule has 0 N–H and O–H groups in total. The first-order chi connectivity index (χ1) is 2.41. The van der Waals surface area contributed by atoms with Crippen LogP contribution in [-0.2, 0) is 0 Å². The standard InChI is InChI=1S/C3H7.CH3.Sn/c1-3-2;;/h1,3H2,2H3;1H3;/q;;+2. The Labute approximate surface area is 44.2 Å². The summed E-state index contributed by atoms with van der Waals surface area (Å²) >= 11 is 0.206. The summed E-state index contributed by atoms with van der Waals surface area (Å²) in [7, 11) is 0. The van der Waals surface area contributed by atoms with E-state index in [0.717, 1.165) is 0 Å². The summed E-state index contributed by atoms with van der Waals surface area (Å²) < 4.78 is 1.56. The Balaban J connectivity index is 2.19. The van der Waals surface area contributed by atoms with Crippen molar-refractivity contribution in [3.8, 4) is 0 Å². The molecule has 0 atom stereocenters. The van der Waals surface area contributed by atoms with Crippen LogP contribution in [0.15, 0.2) is 0 Å². The molecule has 0 rings (SSSR count). The summed E-state index contributed by atoms with van der Waals surface area (Å²) in [6.07, 6.45) is 1.42. The molecule has 0 aliphatic heterocycles. The van der Waals surface area contributed by atoms with E-state index < -0.39 is 0 Å². The molecule has 28 valence electrons. The maximum absolute atomic E-state index is 2.38. The van der Waals surface area contributed by atoms with Crippen molar-refractivity contribution in [1.29, 1.82) is 0 Å². The van der Waals surface area contributed by atoms with Gasteiger partial charge in [-0.15, -0.1) is 0 Å². The van der Waals surface area contributed by atoms with Gasteiger partial charge in [-0.2, -0.15) is 0 Å². The first kappa shape index (κ1) is 5.80. The summed E-state index contributed by atoms with van der Waals surface area (Å²) in [5, 5.41) is 0. The fourth-order valence-corrected chi connectivity index (χ4v) is 1.68.